The molecule has 0 aliphatic heterocycles. The average molecular weight is 591 g/mol. The first-order valence-electron chi connectivity index (χ1n) is 12.6. The van der Waals surface area contributed by atoms with Gasteiger partial charge in [-0.25, -0.2) is 4.79 Å². The van der Waals surface area contributed by atoms with Crippen LogP contribution in [0.1, 0.15) is 37.3 Å². The summed E-state index contributed by atoms with van der Waals surface area (Å²) < 4.78 is 54.4. The first-order valence-corrected chi connectivity index (χ1v) is 13.5. The number of ether oxygens (including phenoxy) is 3. The molecule has 2 rings (SSSR count). The molecule has 0 saturated carbocycles. The van der Waals surface area contributed by atoms with Gasteiger partial charge >= 0.3 is 18.1 Å². The number of benzene rings is 2. The number of thioether (sulfide) groups is 1. The van der Waals surface area contributed by atoms with Gasteiger partial charge in [0.1, 0.15) is 30.3 Å². The van der Waals surface area contributed by atoms with Crippen LogP contribution in [0.2, 0.25) is 0 Å². The molecule has 2 atom stereocenters. The van der Waals surface area contributed by atoms with E-state index in [9.17, 15) is 22.8 Å². The topological polar surface area (TPSA) is 154 Å². The Morgan fingerprint density at radius 1 is 1.05 bits per heavy atom. The standard InChI is InChI=1S/C21H23F3O5S.C6H14N2O2/c1-3-27-17(11-28-16-6-4-15(5-7-16)21(22,23)24)13-30-18-8-9-19(14(2)10-18)29-12-20(25)26;7-4-2-1-3-5(8)6(9)10/h4-10,17H,3,11-13H2,1-2H3,(H,25,26);5H,1-4,7-8H2,(H,9,10)/t;5-/m.0/s1. The fourth-order valence-corrected chi connectivity index (χ4v) is 4.14. The summed E-state index contributed by atoms with van der Waals surface area (Å²) >= 11 is 1.53. The molecule has 0 amide bonds. The Hall–Kier alpha value is -3.00. The normalized spacial score (nSPS) is 12.6. The Bertz CT molecular complexity index is 1040. The van der Waals surface area contributed by atoms with E-state index in [0.29, 0.717) is 36.8 Å². The largest absolute Gasteiger partial charge is 0.491 e. The Labute approximate surface area is 236 Å². The van der Waals surface area contributed by atoms with Crippen LogP contribution in [-0.2, 0) is 20.5 Å². The third-order valence-corrected chi connectivity index (χ3v) is 6.37. The number of rotatable bonds is 16. The predicted molar refractivity (Wildman–Crippen MR) is 146 cm³/mol. The van der Waals surface area contributed by atoms with Crippen molar-refractivity contribution in [3.05, 3.63) is 53.6 Å². The molecule has 0 heterocycles. The minimum Gasteiger partial charge on any atom is -0.491 e. The molecule has 0 radical (unpaired) electrons. The molecular formula is C27H37F3N2O7S. The highest BCUT2D eigenvalue weighted by atomic mass is 32.2. The van der Waals surface area contributed by atoms with E-state index in [1.54, 1.807) is 6.07 Å². The number of hydrogen-bond donors (Lipinski definition) is 4. The molecule has 0 aliphatic carbocycles. The van der Waals surface area contributed by atoms with Crippen LogP contribution >= 0.6 is 11.8 Å². The van der Waals surface area contributed by atoms with Gasteiger partial charge in [0.25, 0.3) is 0 Å². The van der Waals surface area contributed by atoms with E-state index < -0.39 is 36.3 Å². The molecule has 0 fully saturated rings. The van der Waals surface area contributed by atoms with Gasteiger partial charge in [-0.1, -0.05) is 6.42 Å². The quantitative estimate of drug-likeness (QED) is 0.161. The molecule has 224 valence electrons. The van der Waals surface area contributed by atoms with Gasteiger partial charge in [0.05, 0.1) is 5.56 Å². The van der Waals surface area contributed by atoms with E-state index in [-0.39, 0.29) is 12.7 Å². The van der Waals surface area contributed by atoms with Gasteiger partial charge in [0.15, 0.2) is 6.61 Å². The Kier molecular flexibility index (Phi) is 16.1. The van der Waals surface area contributed by atoms with E-state index in [4.69, 9.17) is 35.9 Å². The van der Waals surface area contributed by atoms with Crippen LogP contribution in [-0.4, -0.2) is 66.4 Å². The van der Waals surface area contributed by atoms with Crippen molar-refractivity contribution in [1.29, 1.82) is 0 Å². The zero-order valence-electron chi connectivity index (χ0n) is 22.5. The maximum Gasteiger partial charge on any atom is 0.416 e. The summed E-state index contributed by atoms with van der Waals surface area (Å²) in [5.74, 6) is -0.553. The van der Waals surface area contributed by atoms with E-state index in [1.807, 2.05) is 26.0 Å². The summed E-state index contributed by atoms with van der Waals surface area (Å²) in [6.07, 6.45) is -2.47. The molecule has 40 heavy (non-hydrogen) atoms. The van der Waals surface area contributed by atoms with Crippen molar-refractivity contribution in [2.24, 2.45) is 11.5 Å². The zero-order chi connectivity index (χ0) is 30.1. The van der Waals surface area contributed by atoms with E-state index in [1.165, 1.54) is 23.9 Å². The maximum atomic E-state index is 12.6. The van der Waals surface area contributed by atoms with Crippen molar-refractivity contribution in [2.75, 3.05) is 32.1 Å². The summed E-state index contributed by atoms with van der Waals surface area (Å²) in [6, 6.07) is 9.26. The monoisotopic (exact) mass is 590 g/mol. The molecule has 13 heteroatoms. The summed E-state index contributed by atoms with van der Waals surface area (Å²) in [4.78, 5) is 21.7. The second-order valence-corrected chi connectivity index (χ2v) is 9.65. The number of alkyl halides is 3. The van der Waals surface area contributed by atoms with Crippen LogP contribution < -0.4 is 20.9 Å². The number of carbonyl (C=O) groups is 2. The van der Waals surface area contributed by atoms with Crippen LogP contribution in [0, 0.1) is 6.92 Å². The number of unbranched alkanes of at least 4 members (excludes halogenated alkanes) is 1. The van der Waals surface area contributed by atoms with Crippen molar-refractivity contribution in [3.8, 4) is 11.5 Å². The lowest BCUT2D eigenvalue weighted by atomic mass is 10.1. The summed E-state index contributed by atoms with van der Waals surface area (Å²) in [7, 11) is 0. The van der Waals surface area contributed by atoms with Gasteiger partial charge in [0, 0.05) is 17.3 Å². The molecule has 1 unspecified atom stereocenters. The second-order valence-electron chi connectivity index (χ2n) is 8.56. The molecule has 0 saturated heterocycles. The van der Waals surface area contributed by atoms with Crippen LogP contribution in [0.3, 0.4) is 0 Å². The second kappa shape index (κ2) is 18.4. The van der Waals surface area contributed by atoms with Gasteiger partial charge < -0.3 is 35.9 Å². The number of carboxylic acids is 2. The third-order valence-electron chi connectivity index (χ3n) is 5.24. The van der Waals surface area contributed by atoms with E-state index >= 15 is 0 Å². The Balaban J connectivity index is 0.000000680. The minimum atomic E-state index is -4.38. The van der Waals surface area contributed by atoms with Crippen molar-refractivity contribution in [1.82, 2.24) is 0 Å². The molecule has 0 bridgehead atoms. The van der Waals surface area contributed by atoms with E-state index in [2.05, 4.69) is 0 Å². The fraction of sp³-hybridized carbons (Fsp3) is 0.481. The van der Waals surface area contributed by atoms with E-state index in [0.717, 1.165) is 35.4 Å². The number of nitrogens with two attached hydrogens (primary N) is 2. The van der Waals surface area contributed by atoms with Crippen LogP contribution in [0.15, 0.2) is 47.4 Å². The number of halogens is 3. The SMILES string of the molecule is CCOC(COc1ccc(C(F)(F)F)cc1)CSc1ccc(OCC(=O)O)c(C)c1.NCCCC[C@H](N)C(=O)O. The van der Waals surface area contributed by atoms with Crippen molar-refractivity contribution in [3.63, 3.8) is 0 Å². The van der Waals surface area contributed by atoms with Crippen molar-refractivity contribution < 1.29 is 47.2 Å². The number of aliphatic carboxylic acids is 2. The number of carboxylic acid groups (broad SMARTS) is 2. The van der Waals surface area contributed by atoms with Gasteiger partial charge in [0.2, 0.25) is 0 Å². The number of hydrogen-bond acceptors (Lipinski definition) is 8. The number of aryl methyl sites for hydroxylation is 1. The van der Waals surface area contributed by atoms with Gasteiger partial charge in [-0.05, 0) is 81.3 Å². The van der Waals surface area contributed by atoms with Gasteiger partial charge in [-0.15, -0.1) is 11.8 Å². The molecule has 2 aromatic rings. The predicted octanol–water partition coefficient (Wildman–Crippen LogP) is 4.58. The summed E-state index contributed by atoms with van der Waals surface area (Å²) in [5, 5.41) is 17.0. The molecule has 6 N–H and O–H groups in total. The van der Waals surface area contributed by atoms with Crippen LogP contribution in [0.4, 0.5) is 13.2 Å². The highest BCUT2D eigenvalue weighted by molar-refractivity contribution is 7.99. The lowest BCUT2D eigenvalue weighted by molar-refractivity contribution is -0.140. The first-order chi connectivity index (χ1) is 18.9. The lowest BCUT2D eigenvalue weighted by Gasteiger charge is -2.18. The molecular weight excluding hydrogens is 553 g/mol. The third kappa shape index (κ3) is 14.4. The van der Waals surface area contributed by atoms with Crippen molar-refractivity contribution >= 4 is 23.7 Å². The smallest absolute Gasteiger partial charge is 0.416 e. The van der Waals surface area contributed by atoms with Crippen molar-refractivity contribution in [2.45, 2.75) is 56.3 Å². The summed E-state index contributed by atoms with van der Waals surface area (Å²) in [5.41, 5.74) is 10.5. The average Bonchev–Trinajstić information content (AvgIpc) is 2.89. The maximum absolute atomic E-state index is 12.6. The molecule has 0 aromatic heterocycles. The highest BCUT2D eigenvalue weighted by Crippen LogP contribution is 2.30. The minimum absolute atomic E-state index is 0.199. The summed E-state index contributed by atoms with van der Waals surface area (Å²) in [6.45, 7) is 4.56. The molecule has 0 spiro atoms. The Morgan fingerprint density at radius 3 is 2.25 bits per heavy atom. The highest BCUT2D eigenvalue weighted by Gasteiger charge is 2.30. The Morgan fingerprint density at radius 2 is 1.73 bits per heavy atom. The molecule has 0 aliphatic rings. The zero-order valence-corrected chi connectivity index (χ0v) is 23.3. The lowest BCUT2D eigenvalue weighted by Crippen LogP contribution is -2.29. The molecule has 9 nitrogen and oxygen atoms in total. The van der Waals surface area contributed by atoms with Gasteiger partial charge in [-0.2, -0.15) is 13.2 Å². The molecule has 2 aromatic carbocycles. The first kappa shape index (κ1) is 35.0. The van der Waals surface area contributed by atoms with Crippen LogP contribution in [0.25, 0.3) is 0 Å². The van der Waals surface area contributed by atoms with Gasteiger partial charge in [-0.3, -0.25) is 4.79 Å². The fourth-order valence-electron chi connectivity index (χ4n) is 3.14. The van der Waals surface area contributed by atoms with Crippen LogP contribution in [0.5, 0.6) is 11.5 Å².